The van der Waals surface area contributed by atoms with Gasteiger partial charge in [-0.2, -0.15) is 5.26 Å². The summed E-state index contributed by atoms with van der Waals surface area (Å²) in [6, 6.07) is 9.06. The van der Waals surface area contributed by atoms with Gasteiger partial charge in [0, 0.05) is 13.0 Å². The lowest BCUT2D eigenvalue weighted by Gasteiger charge is -2.05. The SMILES string of the molecule is CCS(=O)(=O)c1ccc(CCNCCC#N)cc1. The van der Waals surface area contributed by atoms with E-state index in [9.17, 15) is 8.42 Å². The van der Waals surface area contributed by atoms with E-state index in [0.29, 0.717) is 17.9 Å². The van der Waals surface area contributed by atoms with Crippen LogP contribution in [-0.4, -0.2) is 27.3 Å². The summed E-state index contributed by atoms with van der Waals surface area (Å²) in [7, 11) is -3.10. The summed E-state index contributed by atoms with van der Waals surface area (Å²) in [5, 5.41) is 11.5. The molecule has 0 fully saturated rings. The van der Waals surface area contributed by atoms with E-state index in [1.807, 2.05) is 12.1 Å². The fourth-order valence-corrected chi connectivity index (χ4v) is 2.42. The molecule has 1 aromatic rings. The fourth-order valence-electron chi connectivity index (χ4n) is 1.53. The quantitative estimate of drug-likeness (QED) is 0.760. The number of benzene rings is 1. The molecule has 0 aliphatic carbocycles. The smallest absolute Gasteiger partial charge is 0.178 e. The first kappa shape index (κ1) is 14.7. The summed E-state index contributed by atoms with van der Waals surface area (Å²) < 4.78 is 23.2. The molecule has 0 bridgehead atoms. The van der Waals surface area contributed by atoms with Crippen LogP contribution in [0.25, 0.3) is 0 Å². The van der Waals surface area contributed by atoms with Gasteiger partial charge >= 0.3 is 0 Å². The number of nitriles is 1. The van der Waals surface area contributed by atoms with Crippen molar-refractivity contribution in [2.45, 2.75) is 24.7 Å². The Morgan fingerprint density at radius 3 is 2.44 bits per heavy atom. The van der Waals surface area contributed by atoms with Gasteiger partial charge in [0.1, 0.15) is 0 Å². The van der Waals surface area contributed by atoms with Crippen molar-refractivity contribution in [3.8, 4) is 6.07 Å². The second-order valence-electron chi connectivity index (χ2n) is 3.96. The Morgan fingerprint density at radius 1 is 1.22 bits per heavy atom. The highest BCUT2D eigenvalue weighted by Crippen LogP contribution is 2.12. The standard InChI is InChI=1S/C13H18N2O2S/c1-2-18(16,17)13-6-4-12(5-7-13)8-11-15-10-3-9-14/h4-7,15H,2-3,8,10-11H2,1H3. The minimum absolute atomic E-state index is 0.127. The van der Waals surface area contributed by atoms with E-state index in [2.05, 4.69) is 11.4 Å². The van der Waals surface area contributed by atoms with Gasteiger partial charge in [0.25, 0.3) is 0 Å². The molecule has 4 nitrogen and oxygen atoms in total. The van der Waals surface area contributed by atoms with E-state index in [0.717, 1.165) is 18.5 Å². The average molecular weight is 266 g/mol. The summed E-state index contributed by atoms with van der Waals surface area (Å²) in [6.07, 6.45) is 1.34. The third kappa shape index (κ3) is 4.47. The Labute approximate surface area is 109 Å². The molecule has 0 atom stereocenters. The van der Waals surface area contributed by atoms with Crippen LogP contribution in [0.15, 0.2) is 29.2 Å². The topological polar surface area (TPSA) is 70.0 Å². The molecular weight excluding hydrogens is 248 g/mol. The van der Waals surface area contributed by atoms with Crippen molar-refractivity contribution in [2.75, 3.05) is 18.8 Å². The number of hydrogen-bond donors (Lipinski definition) is 1. The molecule has 0 unspecified atom stereocenters. The van der Waals surface area contributed by atoms with Crippen LogP contribution in [0.1, 0.15) is 18.9 Å². The fraction of sp³-hybridized carbons (Fsp3) is 0.462. The van der Waals surface area contributed by atoms with Crippen molar-refractivity contribution in [3.63, 3.8) is 0 Å². The molecule has 0 aliphatic rings. The van der Waals surface area contributed by atoms with Crippen molar-refractivity contribution in [2.24, 2.45) is 0 Å². The molecule has 98 valence electrons. The molecule has 1 aromatic carbocycles. The van der Waals surface area contributed by atoms with Gasteiger partial charge in [0.15, 0.2) is 9.84 Å². The zero-order chi connectivity index (χ0) is 13.4. The summed E-state index contributed by atoms with van der Waals surface area (Å²) in [6.45, 7) is 3.13. The molecule has 5 heteroatoms. The van der Waals surface area contributed by atoms with Crippen LogP contribution in [0.3, 0.4) is 0 Å². The highest BCUT2D eigenvalue weighted by molar-refractivity contribution is 7.91. The zero-order valence-corrected chi connectivity index (χ0v) is 11.3. The highest BCUT2D eigenvalue weighted by Gasteiger charge is 2.10. The molecule has 0 saturated carbocycles. The molecule has 0 aromatic heterocycles. The van der Waals surface area contributed by atoms with Crippen LogP contribution in [0, 0.1) is 11.3 Å². The first-order chi connectivity index (χ1) is 8.60. The Morgan fingerprint density at radius 2 is 1.89 bits per heavy atom. The largest absolute Gasteiger partial charge is 0.315 e. The van der Waals surface area contributed by atoms with Crippen molar-refractivity contribution < 1.29 is 8.42 Å². The van der Waals surface area contributed by atoms with Crippen molar-refractivity contribution in [1.29, 1.82) is 5.26 Å². The maximum Gasteiger partial charge on any atom is 0.178 e. The number of nitrogens with zero attached hydrogens (tertiary/aromatic N) is 1. The van der Waals surface area contributed by atoms with Crippen LogP contribution >= 0.6 is 0 Å². The van der Waals surface area contributed by atoms with E-state index in [1.165, 1.54) is 0 Å². The van der Waals surface area contributed by atoms with Gasteiger partial charge in [0.05, 0.1) is 16.7 Å². The molecule has 0 saturated heterocycles. The highest BCUT2D eigenvalue weighted by atomic mass is 32.2. The average Bonchev–Trinajstić information content (AvgIpc) is 2.39. The molecule has 0 heterocycles. The number of hydrogen-bond acceptors (Lipinski definition) is 4. The third-order valence-corrected chi connectivity index (χ3v) is 4.42. The maximum absolute atomic E-state index is 11.6. The van der Waals surface area contributed by atoms with Crippen LogP contribution in [0.5, 0.6) is 0 Å². The van der Waals surface area contributed by atoms with Gasteiger partial charge in [-0.25, -0.2) is 8.42 Å². The number of nitrogens with one attached hydrogen (secondary N) is 1. The second kappa shape index (κ2) is 7.14. The summed E-state index contributed by atoms with van der Waals surface area (Å²) >= 11 is 0. The first-order valence-electron chi connectivity index (χ1n) is 5.99. The van der Waals surface area contributed by atoms with Gasteiger partial charge in [-0.05, 0) is 30.7 Å². The van der Waals surface area contributed by atoms with E-state index in [1.54, 1.807) is 19.1 Å². The number of rotatable bonds is 7. The monoisotopic (exact) mass is 266 g/mol. The van der Waals surface area contributed by atoms with Crippen molar-refractivity contribution >= 4 is 9.84 Å². The maximum atomic E-state index is 11.6. The van der Waals surface area contributed by atoms with Crippen LogP contribution in [-0.2, 0) is 16.3 Å². The van der Waals surface area contributed by atoms with E-state index in [-0.39, 0.29) is 5.75 Å². The molecule has 1 rings (SSSR count). The lowest BCUT2D eigenvalue weighted by Crippen LogP contribution is -2.18. The van der Waals surface area contributed by atoms with Crippen molar-refractivity contribution in [1.82, 2.24) is 5.32 Å². The van der Waals surface area contributed by atoms with Crippen LogP contribution in [0.4, 0.5) is 0 Å². The Hall–Kier alpha value is -1.38. The normalized spacial score (nSPS) is 11.1. The van der Waals surface area contributed by atoms with Crippen LogP contribution in [0.2, 0.25) is 0 Å². The summed E-state index contributed by atoms with van der Waals surface area (Å²) in [5.41, 5.74) is 1.09. The number of sulfone groups is 1. The Balaban J connectivity index is 2.49. The lowest BCUT2D eigenvalue weighted by atomic mass is 10.1. The first-order valence-corrected chi connectivity index (χ1v) is 7.64. The van der Waals surface area contributed by atoms with E-state index in [4.69, 9.17) is 5.26 Å². The van der Waals surface area contributed by atoms with Gasteiger partial charge < -0.3 is 5.32 Å². The van der Waals surface area contributed by atoms with Gasteiger partial charge in [0.2, 0.25) is 0 Å². The molecular formula is C13H18N2O2S. The van der Waals surface area contributed by atoms with Gasteiger partial charge in [-0.3, -0.25) is 0 Å². The van der Waals surface area contributed by atoms with E-state index < -0.39 is 9.84 Å². The summed E-state index contributed by atoms with van der Waals surface area (Å²) in [5.74, 6) is 0.127. The van der Waals surface area contributed by atoms with Gasteiger partial charge in [-0.1, -0.05) is 19.1 Å². The molecule has 0 spiro atoms. The van der Waals surface area contributed by atoms with Crippen LogP contribution < -0.4 is 5.32 Å². The second-order valence-corrected chi connectivity index (χ2v) is 6.23. The molecule has 0 radical (unpaired) electrons. The Kier molecular flexibility index (Phi) is 5.83. The molecule has 0 amide bonds. The lowest BCUT2D eigenvalue weighted by molar-refractivity contribution is 0.597. The molecule has 1 N–H and O–H groups in total. The summed E-state index contributed by atoms with van der Waals surface area (Å²) in [4.78, 5) is 0.381. The predicted molar refractivity (Wildman–Crippen MR) is 71.0 cm³/mol. The van der Waals surface area contributed by atoms with E-state index >= 15 is 0 Å². The van der Waals surface area contributed by atoms with Gasteiger partial charge in [-0.15, -0.1) is 0 Å². The molecule has 0 aliphatic heterocycles. The minimum Gasteiger partial charge on any atom is -0.315 e. The van der Waals surface area contributed by atoms with Crippen molar-refractivity contribution in [3.05, 3.63) is 29.8 Å². The predicted octanol–water partition coefficient (Wildman–Crippen LogP) is 1.53. The third-order valence-electron chi connectivity index (χ3n) is 2.67. The minimum atomic E-state index is -3.10. The molecule has 18 heavy (non-hydrogen) atoms. The zero-order valence-electron chi connectivity index (χ0n) is 10.5. The Bertz CT molecular complexity index is 501.